The van der Waals surface area contributed by atoms with Gasteiger partial charge in [-0.3, -0.25) is 37.3 Å². The zero-order valence-electron chi connectivity index (χ0n) is 64.8. The molecule has 0 aromatic rings. The van der Waals surface area contributed by atoms with Gasteiger partial charge in [-0.05, 0) is 37.5 Å². The molecule has 0 bridgehead atoms. The molecule has 0 heterocycles. The van der Waals surface area contributed by atoms with Crippen LogP contribution in [0.1, 0.15) is 420 Å². The Labute approximate surface area is 607 Å². The fourth-order valence-corrected chi connectivity index (χ4v) is 13.9. The number of phosphoric ester groups is 2. The molecule has 0 amide bonds. The molecule has 0 radical (unpaired) electrons. The quantitative estimate of drug-likeness (QED) is 0.0222. The minimum atomic E-state index is -4.96. The predicted molar refractivity (Wildman–Crippen MR) is 405 cm³/mol. The zero-order chi connectivity index (χ0) is 72.8. The number of ether oxygens (including phenoxy) is 4. The number of aliphatic hydroxyl groups excluding tert-OH is 1. The molecule has 0 aromatic carbocycles. The van der Waals surface area contributed by atoms with E-state index in [1.54, 1.807) is 0 Å². The summed E-state index contributed by atoms with van der Waals surface area (Å²) in [4.78, 5) is 73.0. The summed E-state index contributed by atoms with van der Waals surface area (Å²) in [7, 11) is -9.92. The van der Waals surface area contributed by atoms with E-state index in [4.69, 9.17) is 37.0 Å². The average molecular weight is 1450 g/mol. The first kappa shape index (κ1) is 97.1. The first-order valence-electron chi connectivity index (χ1n) is 41.5. The lowest BCUT2D eigenvalue weighted by atomic mass is 10.0. The maximum atomic E-state index is 13.1. The molecule has 0 spiro atoms. The second kappa shape index (κ2) is 71.7. The Hall–Kier alpha value is -1.94. The Kier molecular flexibility index (Phi) is 70.3. The van der Waals surface area contributed by atoms with Crippen LogP contribution in [0.15, 0.2) is 0 Å². The molecule has 2 unspecified atom stereocenters. The number of aliphatic hydroxyl groups is 1. The van der Waals surface area contributed by atoms with Crippen molar-refractivity contribution in [1.82, 2.24) is 0 Å². The van der Waals surface area contributed by atoms with Crippen LogP contribution < -0.4 is 0 Å². The van der Waals surface area contributed by atoms with Gasteiger partial charge in [-0.25, -0.2) is 9.13 Å². The molecule has 0 aliphatic rings. The van der Waals surface area contributed by atoms with Crippen LogP contribution in [0, 0.1) is 11.8 Å². The fourth-order valence-electron chi connectivity index (χ4n) is 12.4. The summed E-state index contributed by atoms with van der Waals surface area (Å²) < 4.78 is 68.7. The third-order valence-electron chi connectivity index (χ3n) is 18.7. The van der Waals surface area contributed by atoms with E-state index in [1.165, 1.54) is 231 Å². The van der Waals surface area contributed by atoms with Crippen LogP contribution >= 0.6 is 15.6 Å². The molecular weight excluding hydrogens is 1290 g/mol. The van der Waals surface area contributed by atoms with Crippen molar-refractivity contribution >= 4 is 39.5 Å². The Balaban J connectivity index is 5.23. The van der Waals surface area contributed by atoms with Crippen LogP contribution in [0.25, 0.3) is 0 Å². The number of phosphoric acid groups is 2. The Bertz CT molecular complexity index is 1910. The van der Waals surface area contributed by atoms with Crippen molar-refractivity contribution in [3.63, 3.8) is 0 Å². The minimum absolute atomic E-state index is 0.106. The van der Waals surface area contributed by atoms with Gasteiger partial charge in [-0.2, -0.15) is 0 Å². The van der Waals surface area contributed by atoms with E-state index in [1.807, 2.05) is 0 Å². The molecule has 0 aliphatic carbocycles. The highest BCUT2D eigenvalue weighted by Crippen LogP contribution is 2.45. The van der Waals surface area contributed by atoms with Gasteiger partial charge in [0.2, 0.25) is 0 Å². The predicted octanol–water partition coefficient (Wildman–Crippen LogP) is 23.9. The molecule has 17 nitrogen and oxygen atoms in total. The molecule has 0 rings (SSSR count). The smallest absolute Gasteiger partial charge is 0.462 e. The number of carbonyl (C=O) groups is 4. The number of esters is 4. The van der Waals surface area contributed by atoms with Gasteiger partial charge in [0.1, 0.15) is 19.3 Å². The van der Waals surface area contributed by atoms with E-state index >= 15 is 0 Å². The highest BCUT2D eigenvalue weighted by atomic mass is 31.2. The minimum Gasteiger partial charge on any atom is -0.462 e. The monoisotopic (exact) mass is 1450 g/mol. The number of carbonyl (C=O) groups excluding carboxylic acids is 4. The van der Waals surface area contributed by atoms with Gasteiger partial charge < -0.3 is 33.8 Å². The Morgan fingerprint density at radius 2 is 0.465 bits per heavy atom. The van der Waals surface area contributed by atoms with E-state index < -0.39 is 97.5 Å². The Morgan fingerprint density at radius 1 is 0.273 bits per heavy atom. The maximum Gasteiger partial charge on any atom is 0.472 e. The van der Waals surface area contributed by atoms with E-state index in [-0.39, 0.29) is 25.7 Å². The van der Waals surface area contributed by atoms with Crippen LogP contribution in [0.3, 0.4) is 0 Å². The standard InChI is InChI=1S/C80H156O17P2/c1-7-9-11-13-15-17-19-21-23-24-25-26-27-29-31-35-39-45-52-58-64-79(84)96-75(68-90-77(82)62-56-50-44-38-34-30-28-22-20-18-16-14-12-10-8-2)70-94-98(86,87)92-66-74(81)67-93-99(88,89)95-71-76(69-91-78(83)63-57-51-47-41-43-49-55-61-73(5)6)97-80(85)65-59-53-46-40-36-32-33-37-42-48-54-60-72(3)4/h72-76,81H,7-71H2,1-6H3,(H,86,87)(H,88,89)/t74-,75-,76-/m1/s1. The van der Waals surface area contributed by atoms with Gasteiger partial charge in [-0.15, -0.1) is 0 Å². The lowest BCUT2D eigenvalue weighted by Crippen LogP contribution is -2.30. The zero-order valence-corrected chi connectivity index (χ0v) is 66.6. The molecule has 99 heavy (non-hydrogen) atoms. The maximum absolute atomic E-state index is 13.1. The summed E-state index contributed by atoms with van der Waals surface area (Å²) in [5, 5.41) is 10.6. The van der Waals surface area contributed by atoms with Crippen molar-refractivity contribution < 1.29 is 80.2 Å². The van der Waals surface area contributed by atoms with Crippen LogP contribution in [0.4, 0.5) is 0 Å². The van der Waals surface area contributed by atoms with Gasteiger partial charge in [0.05, 0.1) is 26.4 Å². The molecule has 19 heteroatoms. The van der Waals surface area contributed by atoms with Gasteiger partial charge in [0, 0.05) is 25.7 Å². The second-order valence-electron chi connectivity index (χ2n) is 29.8. The van der Waals surface area contributed by atoms with E-state index in [9.17, 15) is 43.2 Å². The average Bonchev–Trinajstić information content (AvgIpc) is 0.978. The van der Waals surface area contributed by atoms with Gasteiger partial charge in [-0.1, -0.05) is 369 Å². The van der Waals surface area contributed by atoms with Gasteiger partial charge in [0.15, 0.2) is 12.2 Å². The van der Waals surface area contributed by atoms with E-state index in [0.717, 1.165) is 102 Å². The lowest BCUT2D eigenvalue weighted by molar-refractivity contribution is -0.161. The number of rotatable bonds is 79. The fraction of sp³-hybridized carbons (Fsp3) is 0.950. The third-order valence-corrected chi connectivity index (χ3v) is 20.6. The summed E-state index contributed by atoms with van der Waals surface area (Å²) in [5.74, 6) is -0.641. The van der Waals surface area contributed by atoms with E-state index in [0.29, 0.717) is 31.6 Å². The Morgan fingerprint density at radius 3 is 0.687 bits per heavy atom. The molecule has 0 saturated heterocycles. The number of hydrogen-bond acceptors (Lipinski definition) is 15. The summed E-state index contributed by atoms with van der Waals surface area (Å²) in [6.07, 6.45) is 61.2. The molecule has 0 aromatic heterocycles. The molecule has 3 N–H and O–H groups in total. The number of hydrogen-bond donors (Lipinski definition) is 3. The summed E-state index contributed by atoms with van der Waals surface area (Å²) in [6, 6.07) is 0. The van der Waals surface area contributed by atoms with E-state index in [2.05, 4.69) is 41.5 Å². The summed E-state index contributed by atoms with van der Waals surface area (Å²) >= 11 is 0. The second-order valence-corrected chi connectivity index (χ2v) is 32.7. The summed E-state index contributed by atoms with van der Waals surface area (Å²) in [6.45, 7) is 9.57. The lowest BCUT2D eigenvalue weighted by Gasteiger charge is -2.21. The third kappa shape index (κ3) is 74.1. The first-order chi connectivity index (χ1) is 47.9. The van der Waals surface area contributed by atoms with Crippen molar-refractivity contribution in [2.75, 3.05) is 39.6 Å². The molecule has 588 valence electrons. The van der Waals surface area contributed by atoms with Crippen LogP contribution in [-0.2, 0) is 65.4 Å². The van der Waals surface area contributed by atoms with Crippen molar-refractivity contribution in [1.29, 1.82) is 0 Å². The largest absolute Gasteiger partial charge is 0.472 e. The summed E-state index contributed by atoms with van der Waals surface area (Å²) in [5.41, 5.74) is 0. The van der Waals surface area contributed by atoms with Crippen molar-refractivity contribution in [2.24, 2.45) is 11.8 Å². The van der Waals surface area contributed by atoms with Crippen molar-refractivity contribution in [3.05, 3.63) is 0 Å². The van der Waals surface area contributed by atoms with Gasteiger partial charge in [0.25, 0.3) is 0 Å². The topological polar surface area (TPSA) is 237 Å². The normalized spacial score (nSPS) is 13.9. The molecular formula is C80H156O17P2. The van der Waals surface area contributed by atoms with Gasteiger partial charge >= 0.3 is 39.5 Å². The van der Waals surface area contributed by atoms with Crippen molar-refractivity contribution in [2.45, 2.75) is 439 Å². The van der Waals surface area contributed by atoms with Crippen LogP contribution in [0.5, 0.6) is 0 Å². The molecule has 0 fully saturated rings. The highest BCUT2D eigenvalue weighted by Gasteiger charge is 2.30. The number of unbranched alkanes of at least 4 members (excludes halogenated alkanes) is 49. The molecule has 0 aliphatic heterocycles. The first-order valence-corrected chi connectivity index (χ1v) is 44.5. The van der Waals surface area contributed by atoms with Crippen LogP contribution in [-0.4, -0.2) is 96.7 Å². The molecule has 5 atom stereocenters. The van der Waals surface area contributed by atoms with Crippen molar-refractivity contribution in [3.8, 4) is 0 Å². The van der Waals surface area contributed by atoms with Crippen LogP contribution in [0.2, 0.25) is 0 Å². The highest BCUT2D eigenvalue weighted by molar-refractivity contribution is 7.47. The SMILES string of the molecule is CCCCCCCCCCCCCCCCCCCCCCC(=O)O[C@H](COC(=O)CCCCCCCCCCCCCCCCC)COP(=O)(O)OC[C@@H](O)COP(=O)(O)OC[C@@H](COC(=O)CCCCCCCCCC(C)C)OC(=O)CCCCCCCCCCCCCC(C)C. The molecule has 0 saturated carbocycles.